The van der Waals surface area contributed by atoms with Gasteiger partial charge in [0.05, 0.1) is 6.61 Å². The number of carbonyl (C=O) groups is 1. The van der Waals surface area contributed by atoms with Crippen molar-refractivity contribution in [2.75, 3.05) is 13.7 Å². The maximum Gasteiger partial charge on any atom is 0.363 e. The predicted octanol–water partition coefficient (Wildman–Crippen LogP) is 2.30. The van der Waals surface area contributed by atoms with Crippen molar-refractivity contribution in [3.05, 3.63) is 47.2 Å². The van der Waals surface area contributed by atoms with E-state index < -0.39 is 5.97 Å². The van der Waals surface area contributed by atoms with Crippen LogP contribution in [0.15, 0.2) is 52.2 Å². The molecule has 1 aliphatic carbocycles. The number of cyclic esters (lactones) is 1. The SMILES string of the molecule is C/C=C1/N=C(C2=CC=C(COC)CC=C2)OC1=O. The molecule has 2 aliphatic rings. The van der Waals surface area contributed by atoms with E-state index in [0.717, 1.165) is 12.0 Å². The Kier molecular flexibility index (Phi) is 3.89. The predicted molar refractivity (Wildman–Crippen MR) is 69.1 cm³/mol. The van der Waals surface area contributed by atoms with Gasteiger partial charge in [0.2, 0.25) is 5.90 Å². The molecule has 4 heteroatoms. The molecule has 0 aromatic rings. The van der Waals surface area contributed by atoms with E-state index in [1.165, 1.54) is 5.57 Å². The molecule has 1 heterocycles. The van der Waals surface area contributed by atoms with Gasteiger partial charge in [-0.3, -0.25) is 0 Å². The van der Waals surface area contributed by atoms with Crippen molar-refractivity contribution in [1.82, 2.24) is 0 Å². The summed E-state index contributed by atoms with van der Waals surface area (Å²) in [5.41, 5.74) is 2.32. The Labute approximate surface area is 106 Å². The van der Waals surface area contributed by atoms with Crippen LogP contribution in [-0.2, 0) is 14.3 Å². The summed E-state index contributed by atoms with van der Waals surface area (Å²) in [7, 11) is 1.67. The first-order valence-corrected chi connectivity index (χ1v) is 5.77. The summed E-state index contributed by atoms with van der Waals surface area (Å²) in [4.78, 5) is 15.6. The van der Waals surface area contributed by atoms with Crippen LogP contribution < -0.4 is 0 Å². The number of carbonyl (C=O) groups excluding carboxylic acids is 1. The lowest BCUT2D eigenvalue weighted by molar-refractivity contribution is -0.130. The van der Waals surface area contributed by atoms with Crippen molar-refractivity contribution in [1.29, 1.82) is 0 Å². The lowest BCUT2D eigenvalue weighted by Gasteiger charge is -1.99. The van der Waals surface area contributed by atoms with Crippen molar-refractivity contribution in [2.24, 2.45) is 4.99 Å². The van der Waals surface area contributed by atoms with Gasteiger partial charge in [0.1, 0.15) is 5.70 Å². The molecule has 0 aromatic heterocycles. The summed E-state index contributed by atoms with van der Waals surface area (Å²) in [6, 6.07) is 0. The van der Waals surface area contributed by atoms with Crippen LogP contribution >= 0.6 is 0 Å². The van der Waals surface area contributed by atoms with E-state index in [4.69, 9.17) is 9.47 Å². The molecule has 0 bridgehead atoms. The quantitative estimate of drug-likeness (QED) is 0.566. The van der Waals surface area contributed by atoms with Crippen molar-refractivity contribution in [3.63, 3.8) is 0 Å². The number of nitrogens with zero attached hydrogens (tertiary/aromatic N) is 1. The third kappa shape index (κ3) is 2.65. The van der Waals surface area contributed by atoms with Gasteiger partial charge in [0.15, 0.2) is 0 Å². The Morgan fingerprint density at radius 3 is 3.00 bits per heavy atom. The maximum absolute atomic E-state index is 11.4. The molecule has 0 saturated heterocycles. The molecule has 0 spiro atoms. The average Bonchev–Trinajstić information content (AvgIpc) is 2.59. The summed E-state index contributed by atoms with van der Waals surface area (Å²) in [5, 5.41) is 0. The van der Waals surface area contributed by atoms with Gasteiger partial charge in [-0.15, -0.1) is 0 Å². The van der Waals surface area contributed by atoms with Crippen LogP contribution in [-0.4, -0.2) is 25.6 Å². The fourth-order valence-corrected chi connectivity index (χ4v) is 1.73. The summed E-state index contributed by atoms with van der Waals surface area (Å²) < 4.78 is 10.2. The van der Waals surface area contributed by atoms with Gasteiger partial charge in [-0.05, 0) is 25.0 Å². The third-order valence-corrected chi connectivity index (χ3v) is 2.65. The third-order valence-electron chi connectivity index (χ3n) is 2.65. The minimum Gasteiger partial charge on any atom is -0.402 e. The summed E-state index contributed by atoms with van der Waals surface area (Å²) in [5.74, 6) is -0.0357. The van der Waals surface area contributed by atoms with E-state index in [-0.39, 0.29) is 0 Å². The van der Waals surface area contributed by atoms with Gasteiger partial charge < -0.3 is 9.47 Å². The topological polar surface area (TPSA) is 47.9 Å². The van der Waals surface area contributed by atoms with Crippen molar-refractivity contribution >= 4 is 11.9 Å². The molecule has 18 heavy (non-hydrogen) atoms. The van der Waals surface area contributed by atoms with E-state index in [1.54, 1.807) is 20.1 Å². The van der Waals surface area contributed by atoms with E-state index in [9.17, 15) is 4.79 Å². The second-order valence-electron chi connectivity index (χ2n) is 3.97. The maximum atomic E-state index is 11.4. The number of methoxy groups -OCH3 is 1. The average molecular weight is 245 g/mol. The Hall–Kier alpha value is -1.94. The molecule has 0 unspecified atom stereocenters. The highest BCUT2D eigenvalue weighted by atomic mass is 16.6. The smallest absolute Gasteiger partial charge is 0.363 e. The Morgan fingerprint density at radius 2 is 2.33 bits per heavy atom. The minimum absolute atomic E-state index is 0.352. The molecule has 0 atom stereocenters. The molecule has 94 valence electrons. The lowest BCUT2D eigenvalue weighted by Crippen LogP contribution is -2.05. The Bertz CT molecular complexity index is 507. The second-order valence-corrected chi connectivity index (χ2v) is 3.97. The van der Waals surface area contributed by atoms with Gasteiger partial charge in [-0.25, -0.2) is 9.79 Å². The van der Waals surface area contributed by atoms with Crippen molar-refractivity contribution in [3.8, 4) is 0 Å². The Morgan fingerprint density at radius 1 is 1.50 bits per heavy atom. The summed E-state index contributed by atoms with van der Waals surface area (Å²) >= 11 is 0. The van der Waals surface area contributed by atoms with Crippen LogP contribution in [0, 0.1) is 0 Å². The molecule has 0 fully saturated rings. The standard InChI is InChI=1S/C14H15NO3/c1-3-12-14(16)18-13(15-12)11-6-4-5-10(7-8-11)9-17-2/h3-4,6-8H,5,9H2,1-2H3/b12-3+. The van der Waals surface area contributed by atoms with Crippen molar-refractivity contribution in [2.45, 2.75) is 13.3 Å². The van der Waals surface area contributed by atoms with Crippen LogP contribution in [0.5, 0.6) is 0 Å². The molecule has 2 rings (SSSR count). The first kappa shape index (κ1) is 12.5. The highest BCUT2D eigenvalue weighted by Crippen LogP contribution is 2.19. The van der Waals surface area contributed by atoms with E-state index in [1.807, 2.05) is 24.3 Å². The number of rotatable bonds is 3. The first-order chi connectivity index (χ1) is 8.74. The number of esters is 1. The van der Waals surface area contributed by atoms with Crippen LogP contribution in [0.3, 0.4) is 0 Å². The van der Waals surface area contributed by atoms with E-state index in [2.05, 4.69) is 4.99 Å². The zero-order valence-electron chi connectivity index (χ0n) is 10.5. The monoisotopic (exact) mass is 245 g/mol. The number of hydrogen-bond donors (Lipinski definition) is 0. The number of ether oxygens (including phenoxy) is 2. The van der Waals surface area contributed by atoms with Gasteiger partial charge >= 0.3 is 5.97 Å². The van der Waals surface area contributed by atoms with Crippen LogP contribution in [0.2, 0.25) is 0 Å². The second kappa shape index (κ2) is 5.60. The molecular weight excluding hydrogens is 230 g/mol. The number of aliphatic imine (C=N–C) groups is 1. The first-order valence-electron chi connectivity index (χ1n) is 5.77. The molecule has 0 aromatic carbocycles. The number of hydrogen-bond acceptors (Lipinski definition) is 4. The van der Waals surface area contributed by atoms with Gasteiger partial charge in [-0.1, -0.05) is 24.3 Å². The van der Waals surface area contributed by atoms with E-state index in [0.29, 0.717) is 18.2 Å². The fourth-order valence-electron chi connectivity index (χ4n) is 1.73. The van der Waals surface area contributed by atoms with Crippen LogP contribution in [0.25, 0.3) is 0 Å². The molecule has 0 radical (unpaired) electrons. The molecule has 4 nitrogen and oxygen atoms in total. The van der Waals surface area contributed by atoms with Gasteiger partial charge in [0.25, 0.3) is 0 Å². The summed E-state index contributed by atoms with van der Waals surface area (Å²) in [6.45, 7) is 2.36. The molecule has 0 N–H and O–H groups in total. The normalized spacial score (nSPS) is 21.3. The highest BCUT2D eigenvalue weighted by Gasteiger charge is 2.23. The lowest BCUT2D eigenvalue weighted by atomic mass is 10.2. The molecule has 1 aliphatic heterocycles. The summed E-state index contributed by atoms with van der Waals surface area (Å²) in [6.07, 6.45) is 10.2. The largest absolute Gasteiger partial charge is 0.402 e. The zero-order chi connectivity index (χ0) is 13.0. The highest BCUT2D eigenvalue weighted by molar-refractivity contribution is 6.12. The zero-order valence-corrected chi connectivity index (χ0v) is 10.5. The van der Waals surface area contributed by atoms with Crippen LogP contribution in [0.1, 0.15) is 13.3 Å². The molecular formula is C14H15NO3. The van der Waals surface area contributed by atoms with E-state index >= 15 is 0 Å². The minimum atomic E-state index is -0.396. The van der Waals surface area contributed by atoms with Gasteiger partial charge in [-0.2, -0.15) is 0 Å². The van der Waals surface area contributed by atoms with Crippen LogP contribution in [0.4, 0.5) is 0 Å². The number of allylic oxidation sites excluding steroid dienone is 4. The Balaban J connectivity index is 2.22. The van der Waals surface area contributed by atoms with Gasteiger partial charge in [0, 0.05) is 12.7 Å². The van der Waals surface area contributed by atoms with Crippen molar-refractivity contribution < 1.29 is 14.3 Å². The fraction of sp³-hybridized carbons (Fsp3) is 0.286. The molecule has 0 amide bonds. The molecule has 0 saturated carbocycles.